The molecule has 0 bridgehead atoms. The van der Waals surface area contributed by atoms with Gasteiger partial charge in [-0.1, -0.05) is 18.2 Å². The zero-order chi connectivity index (χ0) is 17.6. The number of allylic oxidation sites excluding steroid dienone is 2. The van der Waals surface area contributed by atoms with Crippen molar-refractivity contribution in [3.63, 3.8) is 0 Å². The minimum Gasteiger partial charge on any atom is -0.512 e. The Morgan fingerprint density at radius 3 is 2.62 bits per heavy atom. The van der Waals surface area contributed by atoms with Crippen molar-refractivity contribution in [1.82, 2.24) is 4.57 Å². The van der Waals surface area contributed by atoms with E-state index in [1.807, 2.05) is 6.07 Å². The minimum atomic E-state index is -0.770. The van der Waals surface area contributed by atoms with Crippen molar-refractivity contribution < 1.29 is 14.8 Å². The van der Waals surface area contributed by atoms with Crippen LogP contribution in [0, 0.1) is 10.1 Å². The highest BCUT2D eigenvalue weighted by Gasteiger charge is 2.32. The summed E-state index contributed by atoms with van der Waals surface area (Å²) < 4.78 is 1.40. The van der Waals surface area contributed by atoms with Gasteiger partial charge in [0.1, 0.15) is 5.76 Å². The molecule has 0 spiro atoms. The Labute approximate surface area is 137 Å². The van der Waals surface area contributed by atoms with E-state index >= 15 is 0 Å². The second-order valence-corrected chi connectivity index (χ2v) is 5.87. The highest BCUT2D eigenvalue weighted by atomic mass is 16.6. The number of nitrogens with zero attached hydrogens (tertiary/aromatic N) is 2. The van der Waals surface area contributed by atoms with Crippen LogP contribution in [-0.2, 0) is 17.8 Å². The fraction of sp³-hybridized carbons (Fsp3) is 0.294. The molecule has 2 heterocycles. The molecule has 0 saturated heterocycles. The molecule has 1 N–H and O–H groups in total. The number of rotatable bonds is 3. The molecule has 1 aliphatic heterocycles. The number of ketones is 1. The van der Waals surface area contributed by atoms with E-state index in [0.717, 1.165) is 18.4 Å². The molecule has 24 heavy (non-hydrogen) atoms. The van der Waals surface area contributed by atoms with E-state index in [2.05, 4.69) is 0 Å². The predicted molar refractivity (Wildman–Crippen MR) is 89.1 cm³/mol. The third-order valence-corrected chi connectivity index (χ3v) is 4.32. The Bertz CT molecular complexity index is 981. The largest absolute Gasteiger partial charge is 0.512 e. The number of benzene rings is 1. The number of carbonyl (C=O) groups is 1. The van der Waals surface area contributed by atoms with Crippen LogP contribution in [0.4, 0.5) is 5.69 Å². The van der Waals surface area contributed by atoms with Crippen molar-refractivity contribution in [3.05, 3.63) is 55.6 Å². The number of para-hydroxylation sites is 1. The van der Waals surface area contributed by atoms with Gasteiger partial charge in [-0.3, -0.25) is 19.7 Å². The molecular weight excluding hydrogens is 312 g/mol. The first-order chi connectivity index (χ1) is 11.3. The average molecular weight is 328 g/mol. The molecule has 1 aromatic carbocycles. The van der Waals surface area contributed by atoms with Crippen molar-refractivity contribution in [1.29, 1.82) is 0 Å². The van der Waals surface area contributed by atoms with Crippen LogP contribution in [0.25, 0.3) is 16.5 Å². The van der Waals surface area contributed by atoms with Crippen molar-refractivity contribution >= 4 is 27.9 Å². The van der Waals surface area contributed by atoms with Gasteiger partial charge in [0.25, 0.3) is 0 Å². The molecule has 0 radical (unpaired) electrons. The summed E-state index contributed by atoms with van der Waals surface area (Å²) >= 11 is 0. The summed E-state index contributed by atoms with van der Waals surface area (Å²) in [6.07, 6.45) is 1.47. The third kappa shape index (κ3) is 2.20. The summed E-state index contributed by atoms with van der Waals surface area (Å²) in [5, 5.41) is 22.0. The molecule has 0 saturated carbocycles. The van der Waals surface area contributed by atoms with Crippen LogP contribution in [0.1, 0.15) is 31.4 Å². The van der Waals surface area contributed by atoms with Crippen LogP contribution in [0.5, 0.6) is 0 Å². The molecule has 7 nitrogen and oxygen atoms in total. The maximum absolute atomic E-state index is 12.7. The van der Waals surface area contributed by atoms with Gasteiger partial charge < -0.3 is 9.67 Å². The predicted octanol–water partition coefficient (Wildman–Crippen LogP) is 2.73. The van der Waals surface area contributed by atoms with Crippen LogP contribution in [0.2, 0.25) is 0 Å². The summed E-state index contributed by atoms with van der Waals surface area (Å²) in [4.78, 5) is 35.6. The third-order valence-electron chi connectivity index (χ3n) is 4.32. The molecular formula is C17H16N2O5. The van der Waals surface area contributed by atoms with E-state index in [4.69, 9.17) is 0 Å². The van der Waals surface area contributed by atoms with E-state index < -0.39 is 22.0 Å². The molecule has 1 aliphatic rings. The lowest BCUT2D eigenvalue weighted by Crippen LogP contribution is -2.28. The average Bonchev–Trinajstić information content (AvgIpc) is 2.51. The lowest BCUT2D eigenvalue weighted by molar-refractivity contribution is -0.386. The monoisotopic (exact) mass is 328 g/mol. The van der Waals surface area contributed by atoms with Crippen molar-refractivity contribution in [2.75, 3.05) is 0 Å². The number of nitro groups is 1. The van der Waals surface area contributed by atoms with Gasteiger partial charge in [-0.25, -0.2) is 0 Å². The molecule has 1 aromatic heterocycles. The van der Waals surface area contributed by atoms with Crippen LogP contribution in [0.15, 0.2) is 28.8 Å². The van der Waals surface area contributed by atoms with E-state index in [1.165, 1.54) is 18.4 Å². The van der Waals surface area contributed by atoms with Gasteiger partial charge in [0.2, 0.25) is 0 Å². The fourth-order valence-electron chi connectivity index (χ4n) is 3.45. The lowest BCUT2D eigenvalue weighted by atomic mass is 9.92. The SMILES string of the molecule is CC(=O)/C(=C(/C)O)c1c([N+](=O)[O-])c(=O)n2c3c(cccc13)CCC2. The van der Waals surface area contributed by atoms with E-state index in [0.29, 0.717) is 17.4 Å². The lowest BCUT2D eigenvalue weighted by Gasteiger charge is -2.21. The van der Waals surface area contributed by atoms with Crippen molar-refractivity contribution in [3.8, 4) is 0 Å². The number of aliphatic hydroxyl groups is 1. The van der Waals surface area contributed by atoms with Crippen molar-refractivity contribution in [2.24, 2.45) is 0 Å². The molecule has 3 rings (SSSR count). The first-order valence-corrected chi connectivity index (χ1v) is 7.58. The zero-order valence-corrected chi connectivity index (χ0v) is 13.3. The highest BCUT2D eigenvalue weighted by Crippen LogP contribution is 2.35. The number of hydrogen-bond acceptors (Lipinski definition) is 5. The number of aryl methyl sites for hydroxylation is 2. The van der Waals surface area contributed by atoms with E-state index in [-0.39, 0.29) is 16.9 Å². The summed E-state index contributed by atoms with van der Waals surface area (Å²) in [5.41, 5.74) is -0.171. The molecule has 124 valence electrons. The Balaban J connectivity index is 2.63. The normalized spacial score (nSPS) is 14.4. The molecule has 0 fully saturated rings. The fourth-order valence-corrected chi connectivity index (χ4v) is 3.45. The van der Waals surface area contributed by atoms with Crippen molar-refractivity contribution in [2.45, 2.75) is 33.2 Å². The molecule has 0 atom stereocenters. The van der Waals surface area contributed by atoms with E-state index in [9.17, 15) is 24.8 Å². The minimum absolute atomic E-state index is 0.0903. The molecule has 0 unspecified atom stereocenters. The van der Waals surface area contributed by atoms with Crippen LogP contribution in [0.3, 0.4) is 0 Å². The quantitative estimate of drug-likeness (QED) is 0.404. The Morgan fingerprint density at radius 2 is 2.04 bits per heavy atom. The summed E-state index contributed by atoms with van der Waals surface area (Å²) in [6.45, 7) is 2.89. The number of carbonyl (C=O) groups excluding carboxylic acids is 1. The molecule has 0 aliphatic carbocycles. The van der Waals surface area contributed by atoms with E-state index in [1.54, 1.807) is 12.1 Å². The number of aliphatic hydroxyl groups excluding tert-OH is 1. The number of Topliss-reactive ketones (excluding diaryl/α,β-unsaturated/α-hetero) is 1. The van der Waals surface area contributed by atoms with Gasteiger partial charge in [-0.2, -0.15) is 0 Å². The maximum atomic E-state index is 12.7. The summed E-state index contributed by atoms with van der Waals surface area (Å²) in [6, 6.07) is 5.26. The second-order valence-electron chi connectivity index (χ2n) is 5.87. The molecule has 2 aromatic rings. The van der Waals surface area contributed by atoms with Crippen LogP contribution < -0.4 is 5.56 Å². The van der Waals surface area contributed by atoms with Gasteiger partial charge in [0, 0.05) is 11.9 Å². The van der Waals surface area contributed by atoms with Gasteiger partial charge in [0.15, 0.2) is 5.78 Å². The van der Waals surface area contributed by atoms with Gasteiger partial charge >= 0.3 is 11.2 Å². The Hall–Kier alpha value is -2.96. The number of aromatic nitrogens is 1. The number of hydrogen-bond donors (Lipinski definition) is 1. The smallest absolute Gasteiger partial charge is 0.342 e. The van der Waals surface area contributed by atoms with Gasteiger partial charge in [0.05, 0.1) is 21.6 Å². The first kappa shape index (κ1) is 15.9. The second kappa shape index (κ2) is 5.59. The highest BCUT2D eigenvalue weighted by molar-refractivity contribution is 6.24. The topological polar surface area (TPSA) is 102 Å². The standard InChI is InChI=1S/C17H16N2O5/c1-9(20)13(10(2)21)14-12-7-3-5-11-6-4-8-18(15(11)12)17(22)16(14)19(23)24/h3,5,7,20H,4,6,8H2,1-2H3/b13-9+. The summed E-state index contributed by atoms with van der Waals surface area (Å²) in [5.74, 6) is -0.870. The first-order valence-electron chi connectivity index (χ1n) is 7.58. The van der Waals surface area contributed by atoms with Gasteiger partial charge in [-0.05, 0) is 32.3 Å². The zero-order valence-electron chi connectivity index (χ0n) is 13.3. The van der Waals surface area contributed by atoms with Gasteiger partial charge in [-0.15, -0.1) is 0 Å². The van der Waals surface area contributed by atoms with Crippen LogP contribution in [-0.4, -0.2) is 20.4 Å². The molecule has 0 amide bonds. The molecule has 7 heteroatoms. The van der Waals surface area contributed by atoms with Crippen LogP contribution >= 0.6 is 0 Å². The summed E-state index contributed by atoms with van der Waals surface area (Å²) in [7, 11) is 0. The Kier molecular flexibility index (Phi) is 3.71. The Morgan fingerprint density at radius 1 is 1.33 bits per heavy atom. The maximum Gasteiger partial charge on any atom is 0.342 e. The number of pyridine rings is 1.